The van der Waals surface area contributed by atoms with Crippen LogP contribution in [0.3, 0.4) is 0 Å². The van der Waals surface area contributed by atoms with Crippen LogP contribution in [0.4, 0.5) is 5.69 Å². The fourth-order valence-corrected chi connectivity index (χ4v) is 5.73. The second-order valence-electron chi connectivity index (χ2n) is 9.39. The number of ether oxygens (including phenoxy) is 1. The highest BCUT2D eigenvalue weighted by atomic mass is 35.5. The molecule has 40 heavy (non-hydrogen) atoms. The lowest BCUT2D eigenvalue weighted by Gasteiger charge is -2.33. The molecule has 0 aliphatic carbocycles. The molecule has 0 aromatic heterocycles. The number of carbonyl (C=O) groups is 2. The molecule has 3 rings (SSSR count). The van der Waals surface area contributed by atoms with Crippen molar-refractivity contribution in [1.29, 1.82) is 0 Å². The number of carbonyl (C=O) groups excluding carboxylic acids is 2. The lowest BCUT2D eigenvalue weighted by atomic mass is 10.1. The predicted molar refractivity (Wildman–Crippen MR) is 158 cm³/mol. The van der Waals surface area contributed by atoms with Crippen LogP contribution in [0.15, 0.2) is 77.7 Å². The zero-order valence-corrected chi connectivity index (χ0v) is 24.8. The number of benzene rings is 3. The molecule has 3 aromatic rings. The van der Waals surface area contributed by atoms with Gasteiger partial charge in [0, 0.05) is 18.1 Å². The quantitative estimate of drug-likeness (QED) is 0.298. The molecule has 0 bridgehead atoms. The molecule has 1 N–H and O–H groups in total. The van der Waals surface area contributed by atoms with E-state index in [-0.39, 0.29) is 17.3 Å². The van der Waals surface area contributed by atoms with Gasteiger partial charge in [-0.1, -0.05) is 55.3 Å². The topological polar surface area (TPSA) is 96.0 Å². The first kappa shape index (κ1) is 31.0. The number of sulfonamides is 1. The summed E-state index contributed by atoms with van der Waals surface area (Å²) in [6.07, 6.45) is 1.10. The minimum absolute atomic E-state index is 0.000269. The second kappa shape index (κ2) is 14.2. The highest BCUT2D eigenvalue weighted by molar-refractivity contribution is 7.92. The van der Waals surface area contributed by atoms with Gasteiger partial charge in [0.1, 0.15) is 18.3 Å². The number of halogens is 1. The molecule has 0 aliphatic rings. The van der Waals surface area contributed by atoms with Gasteiger partial charge >= 0.3 is 0 Å². The standard InChI is InChI=1S/C30H36ClN3O5S/c1-5-19-32-30(36)28(6-2)33(20-23-9-15-26(39-4)16-10-23)29(35)21-34(25-13-7-22(3)8-14-25)40(37,38)27-17-11-24(31)12-18-27/h7-18,28H,5-6,19-21H2,1-4H3,(H,32,36). The number of hydrogen-bond donors (Lipinski definition) is 1. The van der Waals surface area contributed by atoms with Crippen LogP contribution in [0.25, 0.3) is 0 Å². The van der Waals surface area contributed by atoms with Crippen molar-refractivity contribution >= 4 is 39.1 Å². The highest BCUT2D eigenvalue weighted by Gasteiger charge is 2.33. The summed E-state index contributed by atoms with van der Waals surface area (Å²) in [6.45, 7) is 5.76. The van der Waals surface area contributed by atoms with Crippen molar-refractivity contribution < 1.29 is 22.7 Å². The van der Waals surface area contributed by atoms with Crippen molar-refractivity contribution in [1.82, 2.24) is 10.2 Å². The molecular weight excluding hydrogens is 550 g/mol. The summed E-state index contributed by atoms with van der Waals surface area (Å²) in [7, 11) is -2.58. The molecule has 8 nitrogen and oxygen atoms in total. The van der Waals surface area contributed by atoms with Gasteiger partial charge in [-0.15, -0.1) is 0 Å². The Morgan fingerprint density at radius 1 is 0.950 bits per heavy atom. The predicted octanol–water partition coefficient (Wildman–Crippen LogP) is 5.19. The van der Waals surface area contributed by atoms with Crippen molar-refractivity contribution in [3.8, 4) is 5.75 Å². The number of anilines is 1. The van der Waals surface area contributed by atoms with Crippen molar-refractivity contribution in [3.05, 3.63) is 88.9 Å². The van der Waals surface area contributed by atoms with E-state index in [0.717, 1.165) is 21.9 Å². The summed E-state index contributed by atoms with van der Waals surface area (Å²) in [6, 6.07) is 19.1. The molecule has 10 heteroatoms. The monoisotopic (exact) mass is 585 g/mol. The first-order valence-corrected chi connectivity index (χ1v) is 15.0. The number of nitrogens with zero attached hydrogens (tertiary/aromatic N) is 2. The van der Waals surface area contributed by atoms with E-state index in [0.29, 0.717) is 29.4 Å². The average Bonchev–Trinajstić information content (AvgIpc) is 2.95. The first-order chi connectivity index (χ1) is 19.1. The Bertz CT molecular complexity index is 1380. The molecule has 1 unspecified atom stereocenters. The maximum atomic E-state index is 14.0. The second-order valence-corrected chi connectivity index (χ2v) is 11.7. The maximum absolute atomic E-state index is 14.0. The van der Waals surface area contributed by atoms with E-state index < -0.39 is 28.5 Å². The summed E-state index contributed by atoms with van der Waals surface area (Å²) in [5.74, 6) is -0.130. The van der Waals surface area contributed by atoms with Crippen LogP contribution in [-0.4, -0.2) is 51.4 Å². The number of nitrogens with one attached hydrogen (secondary N) is 1. The van der Waals surface area contributed by atoms with Crippen LogP contribution in [0, 0.1) is 6.92 Å². The van der Waals surface area contributed by atoms with E-state index in [2.05, 4.69) is 5.32 Å². The Labute approximate surface area is 241 Å². The van der Waals surface area contributed by atoms with Gasteiger partial charge in [0.15, 0.2) is 0 Å². The molecule has 3 aromatic carbocycles. The summed E-state index contributed by atoms with van der Waals surface area (Å²) >= 11 is 6.00. The number of amides is 2. The van der Waals surface area contributed by atoms with Crippen LogP contribution in [-0.2, 0) is 26.2 Å². The van der Waals surface area contributed by atoms with Gasteiger partial charge < -0.3 is 15.0 Å². The van der Waals surface area contributed by atoms with Crippen LogP contribution in [0.5, 0.6) is 5.75 Å². The molecule has 2 amide bonds. The zero-order valence-electron chi connectivity index (χ0n) is 23.3. The van der Waals surface area contributed by atoms with E-state index in [1.165, 1.54) is 29.2 Å². The summed E-state index contributed by atoms with van der Waals surface area (Å²) in [4.78, 5) is 28.6. The molecule has 0 radical (unpaired) electrons. The van der Waals surface area contributed by atoms with Crippen molar-refractivity contribution in [2.75, 3.05) is 24.5 Å². The number of rotatable bonds is 13. The number of methoxy groups -OCH3 is 1. The Kier molecular flexibility index (Phi) is 11.0. The van der Waals surface area contributed by atoms with Crippen molar-refractivity contribution in [2.24, 2.45) is 0 Å². The van der Waals surface area contributed by atoms with E-state index in [1.807, 2.05) is 32.9 Å². The Morgan fingerprint density at radius 3 is 2.12 bits per heavy atom. The fraction of sp³-hybridized carbons (Fsp3) is 0.333. The molecule has 1 atom stereocenters. The normalized spacial score (nSPS) is 11.9. The van der Waals surface area contributed by atoms with Crippen LogP contribution in [0.1, 0.15) is 37.8 Å². The summed E-state index contributed by atoms with van der Waals surface area (Å²) < 4.78 is 34.0. The van der Waals surface area contributed by atoms with Gasteiger partial charge in [0.25, 0.3) is 10.0 Å². The third kappa shape index (κ3) is 7.76. The maximum Gasteiger partial charge on any atom is 0.264 e. The van der Waals surface area contributed by atoms with Gasteiger partial charge in [-0.2, -0.15) is 0 Å². The summed E-state index contributed by atoms with van der Waals surface area (Å²) in [5, 5.41) is 3.27. The molecule has 0 saturated carbocycles. The largest absolute Gasteiger partial charge is 0.497 e. The van der Waals surface area contributed by atoms with Gasteiger partial charge in [-0.25, -0.2) is 8.42 Å². The lowest BCUT2D eigenvalue weighted by Crippen LogP contribution is -2.52. The molecule has 0 heterocycles. The van der Waals surface area contributed by atoms with Crippen LogP contribution < -0.4 is 14.4 Å². The van der Waals surface area contributed by atoms with Crippen molar-refractivity contribution in [2.45, 2.75) is 51.1 Å². The molecule has 0 aliphatic heterocycles. The lowest BCUT2D eigenvalue weighted by molar-refractivity contribution is -0.140. The Balaban J connectivity index is 2.03. The SMILES string of the molecule is CCCNC(=O)C(CC)N(Cc1ccc(OC)cc1)C(=O)CN(c1ccc(C)cc1)S(=O)(=O)c1ccc(Cl)cc1. The van der Waals surface area contributed by atoms with E-state index in [4.69, 9.17) is 16.3 Å². The number of aryl methyl sites for hydroxylation is 1. The van der Waals surface area contributed by atoms with E-state index >= 15 is 0 Å². The minimum atomic E-state index is -4.15. The third-order valence-electron chi connectivity index (χ3n) is 6.45. The average molecular weight is 586 g/mol. The Morgan fingerprint density at radius 2 is 1.57 bits per heavy atom. The molecular formula is C30H36ClN3O5S. The van der Waals surface area contributed by atoms with Crippen LogP contribution in [0.2, 0.25) is 5.02 Å². The van der Waals surface area contributed by atoms with Gasteiger partial charge in [0.05, 0.1) is 17.7 Å². The smallest absolute Gasteiger partial charge is 0.264 e. The molecule has 214 valence electrons. The Hall–Kier alpha value is -3.56. The van der Waals surface area contributed by atoms with Crippen LogP contribution >= 0.6 is 11.6 Å². The van der Waals surface area contributed by atoms with Crippen molar-refractivity contribution in [3.63, 3.8) is 0 Å². The highest BCUT2D eigenvalue weighted by Crippen LogP contribution is 2.26. The third-order valence-corrected chi connectivity index (χ3v) is 8.49. The van der Waals surface area contributed by atoms with E-state index in [9.17, 15) is 18.0 Å². The molecule has 0 saturated heterocycles. The summed E-state index contributed by atoms with van der Waals surface area (Å²) in [5.41, 5.74) is 2.05. The zero-order chi connectivity index (χ0) is 29.3. The number of hydrogen-bond acceptors (Lipinski definition) is 5. The van der Waals surface area contributed by atoms with Gasteiger partial charge in [-0.3, -0.25) is 13.9 Å². The van der Waals surface area contributed by atoms with Gasteiger partial charge in [0.2, 0.25) is 11.8 Å². The molecule has 0 fully saturated rings. The first-order valence-electron chi connectivity index (χ1n) is 13.2. The fourth-order valence-electron chi connectivity index (χ4n) is 4.19. The minimum Gasteiger partial charge on any atom is -0.497 e. The van der Waals surface area contributed by atoms with E-state index in [1.54, 1.807) is 43.5 Å². The van der Waals surface area contributed by atoms with Gasteiger partial charge in [-0.05, 0) is 73.9 Å². The molecule has 0 spiro atoms.